The lowest BCUT2D eigenvalue weighted by molar-refractivity contribution is 0.281. The molecular formula is C16H17BrN2O. The summed E-state index contributed by atoms with van der Waals surface area (Å²) in [6, 6.07) is 10.5. The van der Waals surface area contributed by atoms with Crippen molar-refractivity contribution in [2.24, 2.45) is 0 Å². The molecule has 0 aliphatic carbocycles. The van der Waals surface area contributed by atoms with Gasteiger partial charge in [-0.25, -0.2) is 4.98 Å². The fourth-order valence-corrected chi connectivity index (χ4v) is 3.14. The maximum Gasteiger partial charge on any atom is 0.134 e. The smallest absolute Gasteiger partial charge is 0.134 e. The first-order valence-corrected chi connectivity index (χ1v) is 7.64. The highest BCUT2D eigenvalue weighted by atomic mass is 79.9. The summed E-state index contributed by atoms with van der Waals surface area (Å²) >= 11 is 3.41. The number of nitrogens with zero attached hydrogens (tertiary/aromatic N) is 2. The summed E-state index contributed by atoms with van der Waals surface area (Å²) in [5.74, 6) is 0.896. The lowest BCUT2D eigenvalue weighted by Crippen LogP contribution is -2.25. The first-order chi connectivity index (χ1) is 9.78. The molecule has 1 aliphatic rings. The third-order valence-corrected chi connectivity index (χ3v) is 4.17. The summed E-state index contributed by atoms with van der Waals surface area (Å²) in [5, 5.41) is 9.55. The van der Waals surface area contributed by atoms with E-state index in [1.807, 2.05) is 6.07 Å². The van der Waals surface area contributed by atoms with Gasteiger partial charge < -0.3 is 10.0 Å². The van der Waals surface area contributed by atoms with E-state index in [1.165, 1.54) is 11.1 Å². The summed E-state index contributed by atoms with van der Waals surface area (Å²) in [6.45, 7) is 1.84. The van der Waals surface area contributed by atoms with E-state index in [0.29, 0.717) is 0 Å². The molecule has 1 aromatic heterocycles. The van der Waals surface area contributed by atoms with Crippen LogP contribution in [0.1, 0.15) is 23.1 Å². The zero-order valence-corrected chi connectivity index (χ0v) is 12.8. The van der Waals surface area contributed by atoms with Crippen LogP contribution in [0.5, 0.6) is 0 Å². The predicted molar refractivity (Wildman–Crippen MR) is 83.7 cm³/mol. The Bertz CT molecular complexity index is 615. The van der Waals surface area contributed by atoms with E-state index in [2.05, 4.69) is 50.1 Å². The highest BCUT2D eigenvalue weighted by Gasteiger charge is 2.17. The van der Waals surface area contributed by atoms with Crippen LogP contribution < -0.4 is 4.90 Å². The molecule has 1 aliphatic heterocycles. The fourth-order valence-electron chi connectivity index (χ4n) is 2.76. The molecule has 0 saturated carbocycles. The number of pyridine rings is 1. The number of halogens is 1. The Labute approximate surface area is 127 Å². The van der Waals surface area contributed by atoms with E-state index in [4.69, 9.17) is 0 Å². The van der Waals surface area contributed by atoms with Crippen LogP contribution in [0, 0.1) is 0 Å². The predicted octanol–water partition coefficient (Wildman–Crippen LogP) is 3.29. The lowest BCUT2D eigenvalue weighted by Gasteiger charge is -2.24. The van der Waals surface area contributed by atoms with Gasteiger partial charge in [0.15, 0.2) is 0 Å². The van der Waals surface area contributed by atoms with Crippen LogP contribution in [-0.2, 0) is 19.6 Å². The van der Waals surface area contributed by atoms with Gasteiger partial charge in [-0.1, -0.05) is 24.3 Å². The van der Waals surface area contributed by atoms with E-state index in [-0.39, 0.29) is 6.61 Å². The number of aromatic nitrogens is 1. The molecule has 0 fully saturated rings. The van der Waals surface area contributed by atoms with Crippen molar-refractivity contribution < 1.29 is 5.11 Å². The largest absolute Gasteiger partial charge is 0.392 e. The zero-order valence-electron chi connectivity index (χ0n) is 11.2. The molecule has 0 amide bonds. The van der Waals surface area contributed by atoms with Crippen molar-refractivity contribution in [3.63, 3.8) is 0 Å². The van der Waals surface area contributed by atoms with E-state index in [1.54, 1.807) is 6.20 Å². The van der Waals surface area contributed by atoms with Crippen LogP contribution in [0.4, 0.5) is 5.82 Å². The Balaban J connectivity index is 1.95. The van der Waals surface area contributed by atoms with Gasteiger partial charge in [0.05, 0.1) is 6.61 Å². The summed E-state index contributed by atoms with van der Waals surface area (Å²) in [4.78, 5) is 6.77. The SMILES string of the molecule is OCc1cc(Br)cnc1N1CCCc2ccccc2C1. The van der Waals surface area contributed by atoms with E-state index in [0.717, 1.165) is 41.8 Å². The van der Waals surface area contributed by atoms with Gasteiger partial charge in [-0.3, -0.25) is 0 Å². The van der Waals surface area contributed by atoms with Crippen LogP contribution in [0.2, 0.25) is 0 Å². The van der Waals surface area contributed by atoms with E-state index in [9.17, 15) is 5.11 Å². The molecule has 104 valence electrons. The normalized spacial score (nSPS) is 14.8. The second kappa shape index (κ2) is 5.94. The summed E-state index contributed by atoms with van der Waals surface area (Å²) in [7, 11) is 0. The Morgan fingerprint density at radius 2 is 2.05 bits per heavy atom. The number of rotatable bonds is 2. The average Bonchev–Trinajstić information content (AvgIpc) is 2.69. The molecule has 0 spiro atoms. The molecule has 1 N–H and O–H groups in total. The average molecular weight is 333 g/mol. The lowest BCUT2D eigenvalue weighted by atomic mass is 10.0. The second-order valence-electron chi connectivity index (χ2n) is 5.09. The zero-order chi connectivity index (χ0) is 13.9. The first kappa shape index (κ1) is 13.6. The fraction of sp³-hybridized carbons (Fsp3) is 0.312. The number of hydrogen-bond acceptors (Lipinski definition) is 3. The van der Waals surface area contributed by atoms with Crippen molar-refractivity contribution in [2.45, 2.75) is 26.0 Å². The molecule has 1 aromatic carbocycles. The van der Waals surface area contributed by atoms with Crippen LogP contribution >= 0.6 is 15.9 Å². The van der Waals surface area contributed by atoms with Gasteiger partial charge in [0.1, 0.15) is 5.82 Å². The number of aryl methyl sites for hydroxylation is 1. The van der Waals surface area contributed by atoms with Crippen molar-refractivity contribution in [1.82, 2.24) is 4.98 Å². The molecule has 3 nitrogen and oxygen atoms in total. The molecule has 0 radical (unpaired) electrons. The highest BCUT2D eigenvalue weighted by Crippen LogP contribution is 2.26. The van der Waals surface area contributed by atoms with E-state index >= 15 is 0 Å². The molecule has 3 rings (SSSR count). The summed E-state index contributed by atoms with van der Waals surface area (Å²) in [5.41, 5.74) is 3.66. The van der Waals surface area contributed by atoms with Gasteiger partial charge in [-0.05, 0) is 46.0 Å². The van der Waals surface area contributed by atoms with Crippen LogP contribution in [0.15, 0.2) is 41.0 Å². The van der Waals surface area contributed by atoms with Gasteiger partial charge in [-0.2, -0.15) is 0 Å². The van der Waals surface area contributed by atoms with Gasteiger partial charge in [0.2, 0.25) is 0 Å². The molecule has 2 aromatic rings. The van der Waals surface area contributed by atoms with Gasteiger partial charge >= 0.3 is 0 Å². The van der Waals surface area contributed by atoms with Crippen LogP contribution in [0.25, 0.3) is 0 Å². The summed E-state index contributed by atoms with van der Waals surface area (Å²) in [6.07, 6.45) is 4.02. The third-order valence-electron chi connectivity index (χ3n) is 3.73. The minimum absolute atomic E-state index is 0.0138. The maximum absolute atomic E-state index is 9.55. The minimum Gasteiger partial charge on any atom is -0.392 e. The van der Waals surface area contributed by atoms with Crippen molar-refractivity contribution in [3.05, 3.63) is 57.7 Å². The molecule has 0 saturated heterocycles. The van der Waals surface area contributed by atoms with Crippen molar-refractivity contribution in [3.8, 4) is 0 Å². The number of aliphatic hydroxyl groups is 1. The molecule has 0 atom stereocenters. The van der Waals surface area contributed by atoms with Crippen LogP contribution in [0.3, 0.4) is 0 Å². The quantitative estimate of drug-likeness (QED) is 0.916. The van der Waals surface area contributed by atoms with Crippen molar-refractivity contribution in [1.29, 1.82) is 0 Å². The number of anilines is 1. The van der Waals surface area contributed by atoms with Crippen molar-refractivity contribution >= 4 is 21.7 Å². The maximum atomic E-state index is 9.55. The second-order valence-corrected chi connectivity index (χ2v) is 6.00. The summed E-state index contributed by atoms with van der Waals surface area (Å²) < 4.78 is 0.903. The van der Waals surface area contributed by atoms with Gasteiger partial charge in [-0.15, -0.1) is 0 Å². The Kier molecular flexibility index (Phi) is 4.03. The third kappa shape index (κ3) is 2.72. The first-order valence-electron chi connectivity index (χ1n) is 6.85. The van der Waals surface area contributed by atoms with Crippen LogP contribution in [-0.4, -0.2) is 16.6 Å². The number of aliphatic hydroxyl groups excluding tert-OH is 1. The van der Waals surface area contributed by atoms with Gasteiger partial charge in [0.25, 0.3) is 0 Å². The van der Waals surface area contributed by atoms with E-state index < -0.39 is 0 Å². The molecule has 4 heteroatoms. The Morgan fingerprint density at radius 3 is 2.85 bits per heavy atom. The molecule has 20 heavy (non-hydrogen) atoms. The minimum atomic E-state index is 0.0138. The number of hydrogen-bond donors (Lipinski definition) is 1. The number of benzene rings is 1. The Hall–Kier alpha value is -1.39. The Morgan fingerprint density at radius 1 is 1.25 bits per heavy atom. The molecule has 0 unspecified atom stereocenters. The van der Waals surface area contributed by atoms with Crippen molar-refractivity contribution in [2.75, 3.05) is 11.4 Å². The highest BCUT2D eigenvalue weighted by molar-refractivity contribution is 9.10. The topological polar surface area (TPSA) is 36.4 Å². The monoisotopic (exact) mass is 332 g/mol. The molecule has 0 bridgehead atoms. The molecule has 2 heterocycles. The molecular weight excluding hydrogens is 316 g/mol. The van der Waals surface area contributed by atoms with Gasteiger partial charge in [0, 0.05) is 29.3 Å². The standard InChI is InChI=1S/C16H17BrN2O/c17-15-8-14(11-20)16(18-9-15)19-7-3-6-12-4-1-2-5-13(12)10-19/h1-2,4-5,8-9,20H,3,6-7,10-11H2. The number of fused-ring (bicyclic) bond motifs is 1.